The Morgan fingerprint density at radius 1 is 1.11 bits per heavy atom. The molecule has 2 heterocycles. The van der Waals surface area contributed by atoms with Crippen LogP contribution in [0.3, 0.4) is 0 Å². The summed E-state index contributed by atoms with van der Waals surface area (Å²) in [6, 6.07) is 15.1. The van der Waals surface area contributed by atoms with Crippen molar-refractivity contribution in [1.29, 1.82) is 0 Å². The van der Waals surface area contributed by atoms with Crippen molar-refractivity contribution in [1.82, 2.24) is 4.98 Å². The van der Waals surface area contributed by atoms with E-state index in [1.165, 1.54) is 6.07 Å². The van der Waals surface area contributed by atoms with Crippen molar-refractivity contribution >= 4 is 29.4 Å². The highest BCUT2D eigenvalue weighted by Crippen LogP contribution is 2.36. The second-order valence-electron chi connectivity index (χ2n) is 9.42. The Balaban J connectivity index is 1.78. The third-order valence-corrected chi connectivity index (χ3v) is 5.45. The smallest absolute Gasteiger partial charge is 0.343 e. The minimum absolute atomic E-state index is 0.00694. The van der Waals surface area contributed by atoms with E-state index in [1.54, 1.807) is 69.3 Å². The lowest BCUT2D eigenvalue weighted by Crippen LogP contribution is -2.27. The van der Waals surface area contributed by atoms with Crippen LogP contribution in [0, 0.1) is 0 Å². The average molecular weight is 490 g/mol. The molecule has 1 unspecified atom stereocenters. The monoisotopic (exact) mass is 489 g/mol. The van der Waals surface area contributed by atoms with Gasteiger partial charge in [0.2, 0.25) is 0 Å². The number of hydrogen-bond donors (Lipinski definition) is 3. The van der Waals surface area contributed by atoms with Gasteiger partial charge >= 0.3 is 11.9 Å². The molecule has 3 aromatic rings. The summed E-state index contributed by atoms with van der Waals surface area (Å²) < 4.78 is 10.6. The quantitative estimate of drug-likeness (QED) is 0.451. The summed E-state index contributed by atoms with van der Waals surface area (Å²) >= 11 is 0. The Morgan fingerprint density at radius 2 is 1.86 bits per heavy atom. The first kappa shape index (κ1) is 24.7. The van der Waals surface area contributed by atoms with E-state index in [2.05, 4.69) is 10.3 Å². The lowest BCUT2D eigenvalue weighted by atomic mass is 9.97. The van der Waals surface area contributed by atoms with Crippen molar-refractivity contribution in [3.8, 4) is 28.1 Å². The Morgan fingerprint density at radius 3 is 2.53 bits per heavy atom. The molecule has 1 amide bonds. The van der Waals surface area contributed by atoms with Gasteiger partial charge in [-0.25, -0.2) is 9.78 Å². The average Bonchev–Trinajstić information content (AvgIpc) is 3.24. The van der Waals surface area contributed by atoms with Gasteiger partial charge in [-0.2, -0.15) is 0 Å². The number of nitrogen functional groups attached to an aromatic ring is 1. The Kier molecular flexibility index (Phi) is 6.65. The van der Waals surface area contributed by atoms with Crippen LogP contribution >= 0.6 is 0 Å². The van der Waals surface area contributed by atoms with Crippen LogP contribution in [0.15, 0.2) is 54.6 Å². The first-order valence-corrected chi connectivity index (χ1v) is 11.4. The largest absolute Gasteiger partial charge is 0.507 e. The lowest BCUT2D eigenvalue weighted by molar-refractivity contribution is -0.146. The predicted octanol–water partition coefficient (Wildman–Crippen LogP) is 4.30. The Hall–Kier alpha value is -4.40. The summed E-state index contributed by atoms with van der Waals surface area (Å²) in [4.78, 5) is 41.4. The number of hydrogen-bond acceptors (Lipinski definition) is 8. The molecule has 1 saturated heterocycles. The number of anilines is 2. The Bertz CT molecular complexity index is 1350. The van der Waals surface area contributed by atoms with Crippen LogP contribution in [-0.2, 0) is 19.1 Å². The molecule has 9 nitrogen and oxygen atoms in total. The number of esters is 2. The van der Waals surface area contributed by atoms with Gasteiger partial charge in [0, 0.05) is 29.7 Å². The zero-order chi connectivity index (χ0) is 26.0. The van der Waals surface area contributed by atoms with Crippen LogP contribution in [0.5, 0.6) is 5.75 Å². The van der Waals surface area contributed by atoms with Crippen molar-refractivity contribution in [2.75, 3.05) is 11.1 Å². The molecule has 0 radical (unpaired) electrons. The van der Waals surface area contributed by atoms with Gasteiger partial charge in [0.1, 0.15) is 22.7 Å². The fourth-order valence-electron chi connectivity index (χ4n) is 3.86. The molecule has 1 aromatic heterocycles. The summed E-state index contributed by atoms with van der Waals surface area (Å²) in [7, 11) is 0. The van der Waals surface area contributed by atoms with Crippen LogP contribution < -0.4 is 11.1 Å². The molecule has 4 rings (SSSR count). The maximum Gasteiger partial charge on any atom is 0.343 e. The molecule has 1 fully saturated rings. The normalized spacial score (nSPS) is 15.3. The Labute approximate surface area is 208 Å². The molecule has 1 atom stereocenters. The zero-order valence-corrected chi connectivity index (χ0v) is 20.2. The van der Waals surface area contributed by atoms with Crippen LogP contribution in [0.2, 0.25) is 0 Å². The molecule has 0 spiro atoms. The number of cyclic esters (lactones) is 1. The van der Waals surface area contributed by atoms with E-state index in [0.717, 1.165) is 0 Å². The van der Waals surface area contributed by atoms with Gasteiger partial charge in [-0.1, -0.05) is 24.3 Å². The lowest BCUT2D eigenvalue weighted by Gasteiger charge is -2.22. The summed E-state index contributed by atoms with van der Waals surface area (Å²) in [6.07, 6.45) is -0.330. The molecule has 0 bridgehead atoms. The number of nitrogens with zero attached hydrogens (tertiary/aromatic N) is 1. The summed E-state index contributed by atoms with van der Waals surface area (Å²) in [5.41, 5.74) is 7.78. The van der Waals surface area contributed by atoms with Crippen LogP contribution in [0.4, 0.5) is 11.5 Å². The van der Waals surface area contributed by atoms with E-state index in [9.17, 15) is 19.5 Å². The molecule has 9 heteroatoms. The molecule has 2 aromatic carbocycles. The number of pyridine rings is 1. The van der Waals surface area contributed by atoms with Crippen molar-refractivity contribution < 1.29 is 29.0 Å². The van der Waals surface area contributed by atoms with Gasteiger partial charge in [-0.3, -0.25) is 9.59 Å². The summed E-state index contributed by atoms with van der Waals surface area (Å²) in [5.74, 6) is -1.55. The van der Waals surface area contributed by atoms with Crippen molar-refractivity contribution in [3.63, 3.8) is 0 Å². The number of aromatic nitrogens is 1. The van der Waals surface area contributed by atoms with Gasteiger partial charge < -0.3 is 25.6 Å². The fourth-order valence-corrected chi connectivity index (χ4v) is 3.86. The number of aromatic hydroxyl groups is 1. The molecule has 186 valence electrons. The minimum atomic E-state index is -0.845. The van der Waals surface area contributed by atoms with Gasteiger partial charge in [0.05, 0.1) is 5.69 Å². The number of para-hydroxylation sites is 1. The molecule has 36 heavy (non-hydrogen) atoms. The SMILES string of the molecule is CC(C)(C)OC(=O)c1c(-c2cccc(NC(=O)C3CCC(=O)O3)c2)cc(-c2ccccc2O)nc1N. The fraction of sp³-hybridized carbons (Fsp3) is 0.259. The van der Waals surface area contributed by atoms with Gasteiger partial charge in [0.15, 0.2) is 6.10 Å². The number of carbonyl (C=O) groups is 3. The molecule has 1 aliphatic heterocycles. The first-order chi connectivity index (χ1) is 17.0. The number of carbonyl (C=O) groups excluding carboxylic acids is 3. The molecular weight excluding hydrogens is 462 g/mol. The van der Waals surface area contributed by atoms with E-state index < -0.39 is 29.6 Å². The molecule has 1 aliphatic rings. The third kappa shape index (κ3) is 5.46. The topological polar surface area (TPSA) is 141 Å². The minimum Gasteiger partial charge on any atom is -0.507 e. The third-order valence-electron chi connectivity index (χ3n) is 5.45. The van der Waals surface area contributed by atoms with Crippen LogP contribution in [0.25, 0.3) is 22.4 Å². The highest BCUT2D eigenvalue weighted by molar-refractivity contribution is 6.03. The second kappa shape index (κ2) is 9.69. The van der Waals surface area contributed by atoms with Gasteiger partial charge in [0.25, 0.3) is 5.91 Å². The van der Waals surface area contributed by atoms with Gasteiger partial charge in [-0.15, -0.1) is 0 Å². The highest BCUT2D eigenvalue weighted by Gasteiger charge is 2.30. The second-order valence-corrected chi connectivity index (χ2v) is 9.42. The van der Waals surface area contributed by atoms with E-state index in [4.69, 9.17) is 15.2 Å². The number of benzene rings is 2. The number of nitrogens with two attached hydrogens (primary N) is 1. The number of phenols is 1. The van der Waals surface area contributed by atoms with E-state index in [-0.39, 0.29) is 23.6 Å². The number of rotatable bonds is 5. The highest BCUT2D eigenvalue weighted by atomic mass is 16.6. The van der Waals surface area contributed by atoms with Crippen molar-refractivity contribution in [2.24, 2.45) is 0 Å². The van der Waals surface area contributed by atoms with E-state index in [0.29, 0.717) is 34.5 Å². The predicted molar refractivity (Wildman–Crippen MR) is 134 cm³/mol. The van der Waals surface area contributed by atoms with Crippen molar-refractivity contribution in [2.45, 2.75) is 45.3 Å². The zero-order valence-electron chi connectivity index (χ0n) is 20.2. The van der Waals surface area contributed by atoms with E-state index in [1.807, 2.05) is 0 Å². The van der Waals surface area contributed by atoms with E-state index >= 15 is 0 Å². The van der Waals surface area contributed by atoms with Crippen LogP contribution in [-0.4, -0.2) is 39.6 Å². The maximum absolute atomic E-state index is 13.1. The summed E-state index contributed by atoms with van der Waals surface area (Å²) in [5, 5.41) is 13.1. The first-order valence-electron chi connectivity index (χ1n) is 11.4. The molecular formula is C27H27N3O6. The number of amides is 1. The molecule has 4 N–H and O–H groups in total. The number of ether oxygens (including phenoxy) is 2. The van der Waals surface area contributed by atoms with Gasteiger partial charge in [-0.05, 0) is 56.7 Å². The number of nitrogens with one attached hydrogen (secondary N) is 1. The standard InChI is InChI=1S/C27H27N3O6/c1-27(2,3)36-26(34)23-18(14-19(30-24(23)28)17-9-4-5-10-20(17)31)15-7-6-8-16(13-15)29-25(33)21-11-12-22(32)35-21/h4-10,13-14,21,31H,11-12H2,1-3H3,(H2,28,30)(H,29,33). The molecule has 0 aliphatic carbocycles. The molecule has 0 saturated carbocycles. The summed E-state index contributed by atoms with van der Waals surface area (Å²) in [6.45, 7) is 5.24. The maximum atomic E-state index is 13.1. The van der Waals surface area contributed by atoms with Crippen molar-refractivity contribution in [3.05, 3.63) is 60.2 Å². The van der Waals surface area contributed by atoms with Crippen LogP contribution in [0.1, 0.15) is 44.0 Å². The number of phenolic OH excluding ortho intramolecular Hbond substituents is 1.